The average molecular weight is 1910 g/mol. The fraction of sp³-hybridized carbons (Fsp3) is 0. The van der Waals surface area contributed by atoms with Crippen molar-refractivity contribution in [2.24, 2.45) is 0 Å². The molecule has 0 saturated heterocycles. The summed E-state index contributed by atoms with van der Waals surface area (Å²) in [5.74, 6) is 2.81. The molecule has 0 amide bonds. The Morgan fingerprint density at radius 2 is 0.480 bits per heavy atom. The van der Waals surface area contributed by atoms with Crippen molar-refractivity contribution in [3.05, 3.63) is 528 Å². The van der Waals surface area contributed by atoms with Crippen molar-refractivity contribution in [1.82, 2.24) is 38.6 Å². The van der Waals surface area contributed by atoms with Gasteiger partial charge in [0.25, 0.3) is 0 Å². The first kappa shape index (κ1) is 86.2. The van der Waals surface area contributed by atoms with Gasteiger partial charge in [0, 0.05) is 68.9 Å². The van der Waals surface area contributed by atoms with E-state index >= 15 is 0 Å². The smallest absolute Gasteiger partial charge is 0.145 e. The lowest BCUT2D eigenvalue weighted by Gasteiger charge is -2.33. The zero-order valence-corrected chi connectivity index (χ0v) is 81.0. The van der Waals surface area contributed by atoms with E-state index in [1.807, 2.05) is 48.9 Å². The molecule has 23 aromatic carbocycles. The van der Waals surface area contributed by atoms with Crippen molar-refractivity contribution in [2.75, 3.05) is 14.7 Å². The standard InChI is InChI=1S/C48H30N4.C46H28N4.C44H28N4/c1-3-14-32(15-4-1)48-50-40-25-12-26-42-47(40)52(48)41-28-27-33(30-43(41)51(42)34-18-5-2-6-19-34)44-35-20-7-9-22-37(35)45(38-23-10-8-21-36(38)44)39-24-11-16-31-17-13-29-49-46(31)39;47-29-30-22-24-31(25-23-30)43-35-16-7-9-18-37(35)44(38-19-10-8-17-36(38)43)33-26-27-40-42(28-33)49(34-14-5-2-6-15-34)41-21-11-20-39-45(41)50(40)46(48-39)32-12-3-1-4-13-32;1-3-13-29(14-4-1)44-46-37-22-11-23-39-43(37)48(44)38-25-24-30(27-40(38)47(39)32-16-5-2-6-17-32)41-33-18-7-9-20-35(33)42(31-15-12-26-45-28-31)36-21-10-8-19-34(36)41/h1-30H;1-28H;1-28H. The largest absolute Gasteiger partial charge is 0.306 e. The third-order valence-corrected chi connectivity index (χ3v) is 30.0. The Balaban J connectivity index is 0.000000106. The fourth-order valence-corrected chi connectivity index (χ4v) is 23.8. The van der Waals surface area contributed by atoms with Gasteiger partial charge in [0.1, 0.15) is 17.5 Å². The van der Waals surface area contributed by atoms with Gasteiger partial charge in [0.2, 0.25) is 0 Å². The van der Waals surface area contributed by atoms with Gasteiger partial charge in [-0.2, -0.15) is 5.26 Å². The molecule has 0 aliphatic carbocycles. The third kappa shape index (κ3) is 13.9. The summed E-state index contributed by atoms with van der Waals surface area (Å²) in [5, 5.41) is 25.0. The van der Waals surface area contributed by atoms with Gasteiger partial charge in [-0.15, -0.1) is 0 Å². The number of nitriles is 1. The molecule has 0 bridgehead atoms. The van der Waals surface area contributed by atoms with Gasteiger partial charge in [0.15, 0.2) is 0 Å². The Kier molecular flexibility index (Phi) is 20.4. The summed E-state index contributed by atoms with van der Waals surface area (Å²) < 4.78 is 7.04. The van der Waals surface area contributed by atoms with Gasteiger partial charge < -0.3 is 14.7 Å². The second-order valence-corrected chi connectivity index (χ2v) is 38.3. The van der Waals surface area contributed by atoms with Gasteiger partial charge >= 0.3 is 0 Å². The summed E-state index contributed by atoms with van der Waals surface area (Å²) in [7, 11) is 0. The molecular formula is C138H86N12. The average Bonchev–Trinajstić information content (AvgIpc) is 1.46. The highest BCUT2D eigenvalue weighted by molar-refractivity contribution is 6.26. The molecule has 3 aliphatic rings. The lowest BCUT2D eigenvalue weighted by atomic mass is 9.85. The normalized spacial score (nSPS) is 12.1. The summed E-state index contributed by atoms with van der Waals surface area (Å²) in [6.45, 7) is 0. The summed E-state index contributed by atoms with van der Waals surface area (Å²) >= 11 is 0. The highest BCUT2D eigenvalue weighted by atomic mass is 15.3. The zero-order valence-electron chi connectivity index (χ0n) is 81.0. The minimum Gasteiger partial charge on any atom is -0.306 e. The molecule has 0 fully saturated rings. The van der Waals surface area contributed by atoms with Crippen molar-refractivity contribution in [2.45, 2.75) is 0 Å². The van der Waals surface area contributed by atoms with Crippen LogP contribution in [0, 0.1) is 11.3 Å². The summed E-state index contributed by atoms with van der Waals surface area (Å²) in [4.78, 5) is 32.2. The fourth-order valence-electron chi connectivity index (χ4n) is 23.8. The maximum absolute atomic E-state index is 9.48. The van der Waals surface area contributed by atoms with Crippen LogP contribution in [0.3, 0.4) is 0 Å². The first-order valence-electron chi connectivity index (χ1n) is 50.7. The van der Waals surface area contributed by atoms with E-state index < -0.39 is 0 Å². The van der Waals surface area contributed by atoms with Crippen LogP contribution in [0.4, 0.5) is 51.2 Å². The van der Waals surface area contributed by atoms with Crippen LogP contribution in [-0.2, 0) is 0 Å². The molecule has 698 valence electrons. The van der Waals surface area contributed by atoms with Crippen LogP contribution in [-0.4, -0.2) is 38.6 Å². The molecule has 12 nitrogen and oxygen atoms in total. The van der Waals surface area contributed by atoms with E-state index in [0.29, 0.717) is 5.56 Å². The Morgan fingerprint density at radius 3 is 0.807 bits per heavy atom. The van der Waals surface area contributed by atoms with E-state index in [9.17, 15) is 5.26 Å². The van der Waals surface area contributed by atoms with Crippen molar-refractivity contribution in [3.63, 3.8) is 0 Å². The van der Waals surface area contributed by atoms with Crippen LogP contribution in [0.25, 0.3) is 227 Å². The van der Waals surface area contributed by atoms with Crippen molar-refractivity contribution in [3.8, 4) is 124 Å². The van der Waals surface area contributed by atoms with Crippen LogP contribution in [0.1, 0.15) is 5.56 Å². The number of nitrogens with zero attached hydrogens (tertiary/aromatic N) is 12. The number of benzene rings is 23. The molecule has 3 aliphatic heterocycles. The Labute approximate surface area is 864 Å². The first-order chi connectivity index (χ1) is 74.5. The molecule has 0 spiro atoms. The lowest BCUT2D eigenvalue weighted by molar-refractivity contribution is 1.06. The van der Waals surface area contributed by atoms with Crippen LogP contribution in [0.15, 0.2) is 522 Å². The topological polar surface area (TPSA) is 113 Å². The van der Waals surface area contributed by atoms with Gasteiger partial charge in [-0.3, -0.25) is 23.7 Å². The maximum atomic E-state index is 9.48. The first-order valence-corrected chi connectivity index (χ1v) is 50.7. The van der Waals surface area contributed by atoms with E-state index in [2.05, 4.69) is 513 Å². The molecule has 12 heteroatoms. The maximum Gasteiger partial charge on any atom is 0.145 e. The van der Waals surface area contributed by atoms with Gasteiger partial charge in [0.05, 0.1) is 101 Å². The number of imidazole rings is 3. The molecule has 28 aromatic rings. The number of hydrogen-bond acceptors (Lipinski definition) is 9. The van der Waals surface area contributed by atoms with Crippen LogP contribution >= 0.6 is 0 Å². The molecule has 0 radical (unpaired) electrons. The molecule has 8 heterocycles. The summed E-state index contributed by atoms with van der Waals surface area (Å²) in [6.07, 6.45) is 5.70. The van der Waals surface area contributed by atoms with E-state index in [0.717, 1.165) is 180 Å². The van der Waals surface area contributed by atoms with Crippen LogP contribution < -0.4 is 14.7 Å². The predicted octanol–water partition coefficient (Wildman–Crippen LogP) is 36.2. The van der Waals surface area contributed by atoms with E-state index in [4.69, 9.17) is 19.9 Å². The Bertz CT molecular complexity index is 10200. The highest BCUT2D eigenvalue weighted by Crippen LogP contribution is 2.58. The van der Waals surface area contributed by atoms with E-state index in [-0.39, 0.29) is 0 Å². The molecule has 150 heavy (non-hydrogen) atoms. The second kappa shape index (κ2) is 35.5. The van der Waals surface area contributed by atoms with Crippen molar-refractivity contribution < 1.29 is 0 Å². The SMILES string of the molecule is N#Cc1ccc(-c2c3ccccc3c(-c3ccc4c(c3)N(c3ccccc3)c3cccc5nc(-c6ccccc6)n-4c35)c3ccccc23)cc1.c1ccc(-c2nc3cccc4c3n2-c2ccc(-c3c5ccccc5c(-c5cccc6cccnc56)c5ccccc35)cc2N4c2ccccc2)cc1.c1ccc(-c2nc3cccc4c3n2-c2ccc(-c3c5ccccc5c(-c5cccnc5)c5ccccc35)cc2N4c2ccccc2)cc1. The minimum absolute atomic E-state index is 0.656. The van der Waals surface area contributed by atoms with Gasteiger partial charge in [-0.05, 0) is 254 Å². The van der Waals surface area contributed by atoms with Gasteiger partial charge in [-0.25, -0.2) is 15.0 Å². The number of aromatic nitrogens is 8. The molecule has 31 rings (SSSR count). The number of fused-ring (bicyclic) bond motifs is 13. The molecule has 0 unspecified atom stereocenters. The molecule has 0 N–H and O–H groups in total. The van der Waals surface area contributed by atoms with Crippen LogP contribution in [0.5, 0.6) is 0 Å². The molecule has 5 aromatic heterocycles. The monoisotopic (exact) mass is 1910 g/mol. The van der Waals surface area contributed by atoms with Crippen molar-refractivity contribution >= 4 is 160 Å². The van der Waals surface area contributed by atoms with E-state index in [1.54, 1.807) is 0 Å². The number of pyridine rings is 2. The molecular weight excluding hydrogens is 1830 g/mol. The predicted molar refractivity (Wildman–Crippen MR) is 620 cm³/mol. The number of para-hydroxylation sites is 7. The highest BCUT2D eigenvalue weighted by Gasteiger charge is 2.36. The minimum atomic E-state index is 0.656. The number of hydrogen-bond donors (Lipinski definition) is 0. The zero-order chi connectivity index (χ0) is 99.0. The third-order valence-electron chi connectivity index (χ3n) is 30.0. The molecule has 0 atom stereocenters. The van der Waals surface area contributed by atoms with Crippen molar-refractivity contribution in [1.29, 1.82) is 5.26 Å². The van der Waals surface area contributed by atoms with E-state index in [1.165, 1.54) is 98.0 Å². The van der Waals surface area contributed by atoms with Crippen LogP contribution in [0.2, 0.25) is 0 Å². The Hall–Kier alpha value is -20.5. The summed E-state index contributed by atoms with van der Waals surface area (Å²) in [6, 6.07) is 181. The second-order valence-electron chi connectivity index (χ2n) is 38.3. The number of anilines is 9. The summed E-state index contributed by atoms with van der Waals surface area (Å²) in [5.41, 5.74) is 38.4. The Morgan fingerprint density at radius 1 is 0.200 bits per heavy atom. The lowest BCUT2D eigenvalue weighted by Crippen LogP contribution is -2.18. The molecule has 0 saturated carbocycles. The number of rotatable bonds is 12. The quantitative estimate of drug-likeness (QED) is 0.110. The van der Waals surface area contributed by atoms with Gasteiger partial charge in [-0.1, -0.05) is 370 Å².